The maximum Gasteiger partial charge on any atom is 0.220 e. The normalized spacial score (nSPS) is 43.5. The number of aromatic nitrogens is 1. The second-order valence-electron chi connectivity index (χ2n) is 13.0. The van der Waals surface area contributed by atoms with Crippen LogP contribution in [0.25, 0.3) is 0 Å². The molecule has 0 aliphatic heterocycles. The van der Waals surface area contributed by atoms with E-state index in [2.05, 4.69) is 31.1 Å². The third kappa shape index (κ3) is 4.45. The molecule has 0 radical (unpaired) electrons. The fourth-order valence-corrected chi connectivity index (χ4v) is 9.50. The number of aliphatic hydroxyl groups is 2. The number of nitrogens with zero attached hydrogens (tertiary/aromatic N) is 1. The first-order valence-corrected chi connectivity index (χ1v) is 14.3. The molecule has 1 aromatic rings. The maximum absolute atomic E-state index is 12.5. The molecule has 0 bridgehead atoms. The summed E-state index contributed by atoms with van der Waals surface area (Å²) in [6.45, 7) is 7.65. The van der Waals surface area contributed by atoms with Crippen LogP contribution in [0.2, 0.25) is 0 Å². The molecule has 0 spiro atoms. The van der Waals surface area contributed by atoms with Gasteiger partial charge in [0.2, 0.25) is 5.91 Å². The molecule has 4 fully saturated rings. The Morgan fingerprint density at radius 1 is 1.11 bits per heavy atom. The minimum atomic E-state index is -0.260. The van der Waals surface area contributed by atoms with Gasteiger partial charge in [0.1, 0.15) is 0 Å². The first kappa shape index (κ1) is 25.2. The van der Waals surface area contributed by atoms with Crippen molar-refractivity contribution in [1.29, 1.82) is 0 Å². The Morgan fingerprint density at radius 3 is 2.71 bits per heavy atom. The molecule has 5 heteroatoms. The van der Waals surface area contributed by atoms with Gasteiger partial charge in [-0.2, -0.15) is 0 Å². The summed E-state index contributed by atoms with van der Waals surface area (Å²) in [5.41, 5.74) is 1.12. The molecule has 4 saturated carbocycles. The number of aliphatic hydroxyl groups excluding tert-OH is 2. The number of hydrogen-bond donors (Lipinski definition) is 3. The van der Waals surface area contributed by atoms with E-state index in [0.29, 0.717) is 48.5 Å². The van der Waals surface area contributed by atoms with Crippen LogP contribution in [0.1, 0.15) is 90.7 Å². The molecular formula is C30H46N2O3. The van der Waals surface area contributed by atoms with Gasteiger partial charge in [-0.3, -0.25) is 9.78 Å². The van der Waals surface area contributed by atoms with Gasteiger partial charge in [0.05, 0.1) is 24.4 Å². The smallest absolute Gasteiger partial charge is 0.220 e. The van der Waals surface area contributed by atoms with Crippen LogP contribution in [-0.4, -0.2) is 33.3 Å². The molecule has 0 unspecified atom stereocenters. The zero-order valence-corrected chi connectivity index (χ0v) is 22.0. The largest absolute Gasteiger partial charge is 0.393 e. The topological polar surface area (TPSA) is 82.5 Å². The number of amides is 1. The van der Waals surface area contributed by atoms with Crippen molar-refractivity contribution >= 4 is 5.91 Å². The maximum atomic E-state index is 12.5. The summed E-state index contributed by atoms with van der Waals surface area (Å²) in [5, 5.41) is 25.0. The van der Waals surface area contributed by atoms with Gasteiger partial charge in [0.15, 0.2) is 0 Å². The van der Waals surface area contributed by atoms with Crippen LogP contribution in [0.5, 0.6) is 0 Å². The third-order valence-electron chi connectivity index (χ3n) is 11.5. The van der Waals surface area contributed by atoms with Crippen LogP contribution < -0.4 is 5.32 Å². The van der Waals surface area contributed by atoms with E-state index < -0.39 is 0 Å². The second kappa shape index (κ2) is 9.78. The lowest BCUT2D eigenvalue weighted by atomic mass is 9.43. The van der Waals surface area contributed by atoms with E-state index in [4.69, 9.17) is 0 Å². The number of rotatable bonds is 6. The van der Waals surface area contributed by atoms with Crippen molar-refractivity contribution in [2.45, 2.75) is 104 Å². The Bertz CT molecular complexity index is 893. The zero-order valence-electron chi connectivity index (χ0n) is 22.0. The van der Waals surface area contributed by atoms with Gasteiger partial charge in [0.25, 0.3) is 0 Å². The van der Waals surface area contributed by atoms with E-state index in [1.165, 1.54) is 25.7 Å². The van der Waals surface area contributed by atoms with Crippen LogP contribution >= 0.6 is 0 Å². The molecule has 1 heterocycles. The molecule has 1 aromatic heterocycles. The first-order valence-electron chi connectivity index (χ1n) is 14.3. The minimum Gasteiger partial charge on any atom is -0.393 e. The lowest BCUT2D eigenvalue weighted by Gasteiger charge is -2.62. The third-order valence-corrected chi connectivity index (χ3v) is 11.5. The molecule has 1 amide bonds. The van der Waals surface area contributed by atoms with Gasteiger partial charge >= 0.3 is 0 Å². The number of carbonyl (C=O) groups is 1. The molecule has 0 saturated heterocycles. The van der Waals surface area contributed by atoms with Crippen molar-refractivity contribution in [2.75, 3.05) is 0 Å². The number of hydrogen-bond acceptors (Lipinski definition) is 4. The van der Waals surface area contributed by atoms with Crippen molar-refractivity contribution in [1.82, 2.24) is 10.3 Å². The summed E-state index contributed by atoms with van der Waals surface area (Å²) in [6.07, 6.45) is 11.6. The van der Waals surface area contributed by atoms with Crippen LogP contribution in [0.4, 0.5) is 0 Å². The molecule has 4 aliphatic rings. The Balaban J connectivity index is 1.22. The molecule has 194 valence electrons. The van der Waals surface area contributed by atoms with Crippen molar-refractivity contribution < 1.29 is 15.0 Å². The summed E-state index contributed by atoms with van der Waals surface area (Å²) >= 11 is 0. The van der Waals surface area contributed by atoms with Crippen LogP contribution in [0.3, 0.4) is 0 Å². The minimum absolute atomic E-state index is 0.0393. The number of carbonyl (C=O) groups excluding carboxylic acids is 1. The highest BCUT2D eigenvalue weighted by Gasteiger charge is 2.63. The van der Waals surface area contributed by atoms with E-state index in [1.807, 2.05) is 18.2 Å². The fourth-order valence-electron chi connectivity index (χ4n) is 9.50. The van der Waals surface area contributed by atoms with Gasteiger partial charge in [0, 0.05) is 12.6 Å². The Labute approximate surface area is 211 Å². The average molecular weight is 483 g/mol. The number of fused-ring (bicyclic) bond motifs is 5. The molecule has 0 aromatic carbocycles. The van der Waals surface area contributed by atoms with Crippen molar-refractivity contribution in [3.8, 4) is 0 Å². The zero-order chi connectivity index (χ0) is 24.8. The monoisotopic (exact) mass is 482 g/mol. The average Bonchev–Trinajstić information content (AvgIpc) is 3.22. The molecular weight excluding hydrogens is 436 g/mol. The molecule has 4 aliphatic carbocycles. The molecule has 3 N–H and O–H groups in total. The van der Waals surface area contributed by atoms with Crippen LogP contribution in [0.15, 0.2) is 24.4 Å². The van der Waals surface area contributed by atoms with Gasteiger partial charge < -0.3 is 15.5 Å². The Kier molecular flexibility index (Phi) is 7.04. The molecule has 35 heavy (non-hydrogen) atoms. The standard InChI is InChI=1S/C30H46N2O3/c1-19(7-12-28(35)32-18-21-6-4-5-15-31-21)24-10-11-25-23-9-8-20-16-22(33)13-14-29(20,2)26(23)17-27(34)30(24,25)3/h4-6,15,19-20,22-27,33-34H,7-14,16-18H2,1-3H3,(H,32,35)/t19-,20+,22-,23+,24+,25-,26-,27+,29+,30-/m1/s1. The summed E-state index contributed by atoms with van der Waals surface area (Å²) in [4.78, 5) is 16.8. The number of nitrogens with one attached hydrogen (secondary N) is 1. The second-order valence-corrected chi connectivity index (χ2v) is 13.0. The molecule has 10 atom stereocenters. The number of pyridine rings is 1. The summed E-state index contributed by atoms with van der Waals surface area (Å²) in [6, 6.07) is 5.76. The predicted octanol–water partition coefficient (Wildman–Crippen LogP) is 5.10. The molecule has 5 rings (SSSR count). The van der Waals surface area contributed by atoms with E-state index in [9.17, 15) is 15.0 Å². The lowest BCUT2D eigenvalue weighted by Crippen LogP contribution is -2.58. The highest BCUT2D eigenvalue weighted by Crippen LogP contribution is 2.68. The van der Waals surface area contributed by atoms with Crippen molar-refractivity contribution in [2.24, 2.45) is 46.3 Å². The predicted molar refractivity (Wildman–Crippen MR) is 137 cm³/mol. The van der Waals surface area contributed by atoms with E-state index in [0.717, 1.165) is 37.8 Å². The van der Waals surface area contributed by atoms with Crippen molar-refractivity contribution in [3.05, 3.63) is 30.1 Å². The van der Waals surface area contributed by atoms with Gasteiger partial charge in [-0.05, 0) is 116 Å². The fraction of sp³-hybridized carbons (Fsp3) is 0.800. The Morgan fingerprint density at radius 2 is 1.94 bits per heavy atom. The van der Waals surface area contributed by atoms with Crippen LogP contribution in [-0.2, 0) is 11.3 Å². The van der Waals surface area contributed by atoms with E-state index >= 15 is 0 Å². The summed E-state index contributed by atoms with van der Waals surface area (Å²) in [7, 11) is 0. The Hall–Kier alpha value is -1.46. The summed E-state index contributed by atoms with van der Waals surface area (Å²) < 4.78 is 0. The highest BCUT2D eigenvalue weighted by atomic mass is 16.3. The lowest BCUT2D eigenvalue weighted by molar-refractivity contribution is -0.174. The molecule has 5 nitrogen and oxygen atoms in total. The van der Waals surface area contributed by atoms with Gasteiger partial charge in [-0.1, -0.05) is 26.8 Å². The van der Waals surface area contributed by atoms with E-state index in [-0.39, 0.29) is 28.9 Å². The summed E-state index contributed by atoms with van der Waals surface area (Å²) in [5.74, 6) is 3.50. The first-order chi connectivity index (χ1) is 16.7. The SMILES string of the molecule is C[C@H](CCC(=O)NCc1ccccn1)[C@@H]1CC[C@@H]2[C@@H]3CC[C@H]4C[C@H](O)CC[C@]4(C)[C@@H]3C[C@H](O)[C@@]21C. The van der Waals surface area contributed by atoms with Crippen LogP contribution in [0, 0.1) is 46.3 Å². The quantitative estimate of drug-likeness (QED) is 0.527. The van der Waals surface area contributed by atoms with Crippen molar-refractivity contribution in [3.63, 3.8) is 0 Å². The van der Waals surface area contributed by atoms with Gasteiger partial charge in [-0.15, -0.1) is 0 Å². The van der Waals surface area contributed by atoms with Gasteiger partial charge in [-0.25, -0.2) is 0 Å². The highest BCUT2D eigenvalue weighted by molar-refractivity contribution is 5.75. The van der Waals surface area contributed by atoms with E-state index in [1.54, 1.807) is 6.20 Å².